The monoisotopic (exact) mass is 170 g/mol. The van der Waals surface area contributed by atoms with Crippen molar-refractivity contribution in [3.8, 4) is 0 Å². The smallest absolute Gasteiger partial charge is 0.145 e. The van der Waals surface area contributed by atoms with Crippen molar-refractivity contribution in [2.75, 3.05) is 0 Å². The standard InChI is InChI=1S/C10H18O2/c1-5-6-8(11)7-9(12)10(2,3)4/h5-7H2,1-4H3. The van der Waals surface area contributed by atoms with Crippen LogP contribution in [0.5, 0.6) is 0 Å². The zero-order valence-electron chi connectivity index (χ0n) is 8.44. The molecule has 0 aliphatic heterocycles. The summed E-state index contributed by atoms with van der Waals surface area (Å²) in [6, 6.07) is 0. The largest absolute Gasteiger partial charge is 0.299 e. The van der Waals surface area contributed by atoms with Crippen LogP contribution in [0.2, 0.25) is 0 Å². The number of hydrogen-bond acceptors (Lipinski definition) is 2. The Labute approximate surface area is 74.3 Å². The van der Waals surface area contributed by atoms with Gasteiger partial charge in [-0.1, -0.05) is 27.7 Å². The average Bonchev–Trinajstić information content (AvgIpc) is 1.85. The summed E-state index contributed by atoms with van der Waals surface area (Å²) in [5.41, 5.74) is -0.372. The fraction of sp³-hybridized carbons (Fsp3) is 0.800. The van der Waals surface area contributed by atoms with Crippen molar-refractivity contribution >= 4 is 11.6 Å². The highest BCUT2D eigenvalue weighted by molar-refractivity contribution is 6.01. The molecule has 0 spiro atoms. The molecule has 0 aromatic rings. The van der Waals surface area contributed by atoms with Gasteiger partial charge >= 0.3 is 0 Å². The average molecular weight is 170 g/mol. The van der Waals surface area contributed by atoms with Gasteiger partial charge in [-0.15, -0.1) is 0 Å². The highest BCUT2D eigenvalue weighted by atomic mass is 16.1. The van der Waals surface area contributed by atoms with Crippen LogP contribution in [0.15, 0.2) is 0 Å². The molecule has 0 heterocycles. The summed E-state index contributed by atoms with van der Waals surface area (Å²) in [5.74, 6) is 0.110. The SMILES string of the molecule is CCCC(=O)CC(=O)C(C)(C)C. The Morgan fingerprint density at radius 3 is 2.00 bits per heavy atom. The molecule has 2 nitrogen and oxygen atoms in total. The summed E-state index contributed by atoms with van der Waals surface area (Å²) in [4.78, 5) is 22.4. The van der Waals surface area contributed by atoms with Crippen molar-refractivity contribution in [1.82, 2.24) is 0 Å². The molecular formula is C10H18O2. The molecule has 2 heteroatoms. The Morgan fingerprint density at radius 1 is 1.17 bits per heavy atom. The molecule has 0 atom stereocenters. The molecule has 0 amide bonds. The molecule has 0 fully saturated rings. The van der Waals surface area contributed by atoms with Crippen molar-refractivity contribution in [3.05, 3.63) is 0 Å². The Hall–Kier alpha value is -0.660. The Morgan fingerprint density at radius 2 is 1.67 bits per heavy atom. The number of rotatable bonds is 4. The number of ketones is 2. The lowest BCUT2D eigenvalue weighted by atomic mass is 9.87. The van der Waals surface area contributed by atoms with Gasteiger partial charge in [-0.2, -0.15) is 0 Å². The predicted molar refractivity (Wildman–Crippen MR) is 49.0 cm³/mol. The number of carbonyl (C=O) groups excluding carboxylic acids is 2. The van der Waals surface area contributed by atoms with E-state index in [1.165, 1.54) is 0 Å². The van der Waals surface area contributed by atoms with E-state index in [0.29, 0.717) is 6.42 Å². The lowest BCUT2D eigenvalue weighted by molar-refractivity contribution is -0.131. The van der Waals surface area contributed by atoms with E-state index in [0.717, 1.165) is 6.42 Å². The third-order valence-electron chi connectivity index (χ3n) is 1.72. The highest BCUT2D eigenvalue weighted by Gasteiger charge is 2.22. The molecule has 0 N–H and O–H groups in total. The van der Waals surface area contributed by atoms with Crippen LogP contribution in [0.25, 0.3) is 0 Å². The van der Waals surface area contributed by atoms with Gasteiger partial charge < -0.3 is 0 Å². The second-order valence-corrected chi connectivity index (χ2v) is 4.14. The van der Waals surface area contributed by atoms with Crippen molar-refractivity contribution < 1.29 is 9.59 Å². The van der Waals surface area contributed by atoms with Gasteiger partial charge in [-0.3, -0.25) is 9.59 Å². The first-order chi connectivity index (χ1) is 5.38. The van der Waals surface area contributed by atoms with Gasteiger partial charge in [0.15, 0.2) is 0 Å². The van der Waals surface area contributed by atoms with Gasteiger partial charge in [-0.25, -0.2) is 0 Å². The van der Waals surface area contributed by atoms with Crippen LogP contribution < -0.4 is 0 Å². The molecule has 0 saturated carbocycles. The molecule has 0 saturated heterocycles. The van der Waals surface area contributed by atoms with Crippen molar-refractivity contribution in [1.29, 1.82) is 0 Å². The maximum absolute atomic E-state index is 11.3. The zero-order valence-corrected chi connectivity index (χ0v) is 8.44. The van der Waals surface area contributed by atoms with E-state index in [1.54, 1.807) is 0 Å². The van der Waals surface area contributed by atoms with Crippen molar-refractivity contribution in [2.24, 2.45) is 5.41 Å². The molecule has 0 aliphatic rings. The number of hydrogen-bond donors (Lipinski definition) is 0. The predicted octanol–water partition coefficient (Wildman–Crippen LogP) is 2.36. The van der Waals surface area contributed by atoms with Crippen LogP contribution in [-0.2, 0) is 9.59 Å². The Kier molecular flexibility index (Phi) is 4.15. The number of carbonyl (C=O) groups is 2. The second-order valence-electron chi connectivity index (χ2n) is 4.14. The first kappa shape index (κ1) is 11.3. The normalized spacial score (nSPS) is 11.3. The molecule has 0 radical (unpaired) electrons. The van der Waals surface area contributed by atoms with Crippen LogP contribution in [0.1, 0.15) is 47.0 Å². The molecular weight excluding hydrogens is 152 g/mol. The van der Waals surface area contributed by atoms with E-state index in [1.807, 2.05) is 27.7 Å². The van der Waals surface area contributed by atoms with Crippen LogP contribution in [0, 0.1) is 5.41 Å². The van der Waals surface area contributed by atoms with Gasteiger partial charge in [0.25, 0.3) is 0 Å². The third-order valence-corrected chi connectivity index (χ3v) is 1.72. The lowest BCUT2D eigenvalue weighted by Crippen LogP contribution is -2.22. The summed E-state index contributed by atoms with van der Waals surface area (Å²) in [7, 11) is 0. The van der Waals surface area contributed by atoms with Gasteiger partial charge in [0.05, 0.1) is 6.42 Å². The molecule has 0 aromatic heterocycles. The minimum atomic E-state index is -0.372. The van der Waals surface area contributed by atoms with Gasteiger partial charge in [0.1, 0.15) is 11.6 Å². The van der Waals surface area contributed by atoms with E-state index in [9.17, 15) is 9.59 Å². The topological polar surface area (TPSA) is 34.1 Å². The first-order valence-corrected chi connectivity index (χ1v) is 4.43. The minimum absolute atomic E-state index is 0.0425. The van der Waals surface area contributed by atoms with Crippen LogP contribution in [-0.4, -0.2) is 11.6 Å². The molecule has 70 valence electrons. The Bertz CT molecular complexity index is 175. The van der Waals surface area contributed by atoms with E-state index in [2.05, 4.69) is 0 Å². The van der Waals surface area contributed by atoms with E-state index in [-0.39, 0.29) is 23.4 Å². The highest BCUT2D eigenvalue weighted by Crippen LogP contribution is 2.17. The van der Waals surface area contributed by atoms with Crippen molar-refractivity contribution in [2.45, 2.75) is 47.0 Å². The fourth-order valence-electron chi connectivity index (χ4n) is 0.811. The fourth-order valence-corrected chi connectivity index (χ4v) is 0.811. The molecule has 0 rings (SSSR count). The minimum Gasteiger partial charge on any atom is -0.299 e. The molecule has 0 aliphatic carbocycles. The van der Waals surface area contributed by atoms with E-state index < -0.39 is 0 Å². The summed E-state index contributed by atoms with van der Waals surface area (Å²) in [6.45, 7) is 7.47. The number of Topliss-reactive ketones (excluding diaryl/α,β-unsaturated/α-hetero) is 2. The van der Waals surface area contributed by atoms with E-state index in [4.69, 9.17) is 0 Å². The molecule has 0 aromatic carbocycles. The molecule has 12 heavy (non-hydrogen) atoms. The van der Waals surface area contributed by atoms with Crippen LogP contribution in [0.3, 0.4) is 0 Å². The summed E-state index contributed by atoms with van der Waals surface area (Å²) < 4.78 is 0. The summed E-state index contributed by atoms with van der Waals surface area (Å²) in [6.07, 6.45) is 1.47. The van der Waals surface area contributed by atoms with Gasteiger partial charge in [-0.05, 0) is 6.42 Å². The quantitative estimate of drug-likeness (QED) is 0.607. The maximum atomic E-state index is 11.3. The van der Waals surface area contributed by atoms with Gasteiger partial charge in [0, 0.05) is 11.8 Å². The summed E-state index contributed by atoms with van der Waals surface area (Å²) >= 11 is 0. The lowest BCUT2D eigenvalue weighted by Gasteiger charge is -2.15. The van der Waals surface area contributed by atoms with E-state index >= 15 is 0 Å². The maximum Gasteiger partial charge on any atom is 0.145 e. The van der Waals surface area contributed by atoms with Crippen molar-refractivity contribution in [3.63, 3.8) is 0 Å². The third kappa shape index (κ3) is 4.27. The Balaban J connectivity index is 3.94. The van der Waals surface area contributed by atoms with Crippen LogP contribution >= 0.6 is 0 Å². The zero-order chi connectivity index (χ0) is 9.78. The second kappa shape index (κ2) is 4.39. The van der Waals surface area contributed by atoms with Crippen LogP contribution in [0.4, 0.5) is 0 Å². The summed E-state index contributed by atoms with van der Waals surface area (Å²) in [5, 5.41) is 0. The molecule has 0 bridgehead atoms. The molecule has 0 unspecified atom stereocenters. The van der Waals surface area contributed by atoms with Gasteiger partial charge in [0.2, 0.25) is 0 Å². The first-order valence-electron chi connectivity index (χ1n) is 4.43.